The predicted molar refractivity (Wildman–Crippen MR) is 70.8 cm³/mol. The van der Waals surface area contributed by atoms with E-state index in [-0.39, 0.29) is 5.91 Å². The Labute approximate surface area is 111 Å². The summed E-state index contributed by atoms with van der Waals surface area (Å²) in [4.78, 5) is 19.9. The summed E-state index contributed by atoms with van der Waals surface area (Å²) in [6.07, 6.45) is 2.63. The molecule has 18 heavy (non-hydrogen) atoms. The molecular weight excluding hydrogens is 252 g/mol. The van der Waals surface area contributed by atoms with Crippen molar-refractivity contribution >= 4 is 23.3 Å². The molecule has 0 aliphatic heterocycles. The first-order valence-electron chi connectivity index (χ1n) is 6.10. The van der Waals surface area contributed by atoms with E-state index < -0.39 is 0 Å². The van der Waals surface area contributed by atoms with Crippen molar-refractivity contribution in [3.63, 3.8) is 0 Å². The molecule has 1 aromatic heterocycles. The Morgan fingerprint density at radius 1 is 1.33 bits per heavy atom. The van der Waals surface area contributed by atoms with Crippen LogP contribution >= 0.6 is 11.6 Å². The first-order valence-corrected chi connectivity index (χ1v) is 6.48. The fourth-order valence-corrected chi connectivity index (χ4v) is 1.75. The number of hydrogen-bond acceptors (Lipinski definition) is 4. The van der Waals surface area contributed by atoms with E-state index in [9.17, 15) is 4.79 Å². The summed E-state index contributed by atoms with van der Waals surface area (Å²) in [6.45, 7) is 4.25. The second-order valence-corrected chi connectivity index (χ2v) is 4.91. The van der Waals surface area contributed by atoms with Gasteiger partial charge in [0.05, 0.1) is 11.4 Å². The molecule has 0 saturated heterocycles. The van der Waals surface area contributed by atoms with E-state index in [1.165, 1.54) is 0 Å². The maximum atomic E-state index is 11.5. The van der Waals surface area contributed by atoms with Crippen LogP contribution in [0.3, 0.4) is 0 Å². The summed E-state index contributed by atoms with van der Waals surface area (Å²) >= 11 is 5.97. The minimum Gasteiger partial charge on any atom is -0.367 e. The molecule has 0 unspecified atom stereocenters. The van der Waals surface area contributed by atoms with Gasteiger partial charge in [-0.3, -0.25) is 4.79 Å². The standard InChI is InChI=1S/C12H17ClN4O/c1-7-8(2)16-12(11(13)15-7)14-6-5-10(18)17-9-3-4-9/h9H,3-6H2,1-2H3,(H,14,16)(H,17,18). The smallest absolute Gasteiger partial charge is 0.221 e. The van der Waals surface area contributed by atoms with Gasteiger partial charge < -0.3 is 10.6 Å². The zero-order chi connectivity index (χ0) is 13.1. The summed E-state index contributed by atoms with van der Waals surface area (Å²) in [6, 6.07) is 0.405. The van der Waals surface area contributed by atoms with Crippen LogP contribution in [-0.4, -0.2) is 28.5 Å². The van der Waals surface area contributed by atoms with Crippen molar-refractivity contribution in [3.05, 3.63) is 16.5 Å². The van der Waals surface area contributed by atoms with Crippen molar-refractivity contribution in [1.82, 2.24) is 15.3 Å². The Morgan fingerprint density at radius 2 is 2.00 bits per heavy atom. The Morgan fingerprint density at radius 3 is 2.67 bits per heavy atom. The third-order valence-electron chi connectivity index (χ3n) is 2.85. The molecule has 6 heteroatoms. The number of carbonyl (C=O) groups excluding carboxylic acids is 1. The molecule has 0 atom stereocenters. The van der Waals surface area contributed by atoms with E-state index in [1.807, 2.05) is 13.8 Å². The second-order valence-electron chi connectivity index (χ2n) is 4.55. The minimum absolute atomic E-state index is 0.0675. The van der Waals surface area contributed by atoms with Crippen molar-refractivity contribution in [3.8, 4) is 0 Å². The van der Waals surface area contributed by atoms with Gasteiger partial charge in [-0.05, 0) is 26.7 Å². The van der Waals surface area contributed by atoms with Gasteiger partial charge in [-0.1, -0.05) is 11.6 Å². The van der Waals surface area contributed by atoms with Crippen LogP contribution in [0.4, 0.5) is 5.82 Å². The van der Waals surface area contributed by atoms with Crippen LogP contribution in [0, 0.1) is 13.8 Å². The average Bonchev–Trinajstić information content (AvgIpc) is 3.09. The van der Waals surface area contributed by atoms with Gasteiger partial charge in [-0.15, -0.1) is 0 Å². The van der Waals surface area contributed by atoms with Gasteiger partial charge in [0.25, 0.3) is 0 Å². The monoisotopic (exact) mass is 268 g/mol. The molecule has 0 radical (unpaired) electrons. The van der Waals surface area contributed by atoms with Gasteiger partial charge in [0.15, 0.2) is 11.0 Å². The highest BCUT2D eigenvalue weighted by Gasteiger charge is 2.22. The molecule has 1 aromatic rings. The number of halogens is 1. The first kappa shape index (κ1) is 13.1. The van der Waals surface area contributed by atoms with E-state index >= 15 is 0 Å². The number of anilines is 1. The number of aryl methyl sites for hydroxylation is 2. The second kappa shape index (κ2) is 5.52. The maximum Gasteiger partial charge on any atom is 0.221 e. The Kier molecular flexibility index (Phi) is 4.01. The lowest BCUT2D eigenvalue weighted by Gasteiger charge is -2.09. The molecule has 5 nitrogen and oxygen atoms in total. The minimum atomic E-state index is 0.0675. The van der Waals surface area contributed by atoms with Gasteiger partial charge in [0.2, 0.25) is 5.91 Å². The predicted octanol–water partition coefficient (Wildman–Crippen LogP) is 1.83. The van der Waals surface area contributed by atoms with Gasteiger partial charge in [-0.2, -0.15) is 0 Å². The molecule has 0 bridgehead atoms. The third kappa shape index (κ3) is 3.57. The molecule has 1 amide bonds. The molecule has 0 aromatic carbocycles. The maximum absolute atomic E-state index is 11.5. The fourth-order valence-electron chi connectivity index (χ4n) is 1.51. The van der Waals surface area contributed by atoms with Crippen molar-refractivity contribution in [2.75, 3.05) is 11.9 Å². The van der Waals surface area contributed by atoms with Crippen molar-refractivity contribution in [1.29, 1.82) is 0 Å². The van der Waals surface area contributed by atoms with Crippen LogP contribution in [0.1, 0.15) is 30.7 Å². The van der Waals surface area contributed by atoms with Crippen LogP contribution in [0.5, 0.6) is 0 Å². The Balaban J connectivity index is 1.82. The third-order valence-corrected chi connectivity index (χ3v) is 3.11. The highest BCUT2D eigenvalue weighted by atomic mass is 35.5. The van der Waals surface area contributed by atoms with Crippen molar-refractivity contribution in [2.45, 2.75) is 39.2 Å². The van der Waals surface area contributed by atoms with Crippen LogP contribution < -0.4 is 10.6 Å². The SMILES string of the molecule is Cc1nc(Cl)c(NCCC(=O)NC2CC2)nc1C. The molecule has 1 fully saturated rings. The molecule has 1 heterocycles. The number of carbonyl (C=O) groups is 1. The lowest BCUT2D eigenvalue weighted by atomic mass is 10.3. The van der Waals surface area contributed by atoms with Gasteiger partial charge in [0.1, 0.15) is 0 Å². The Bertz CT molecular complexity index is 460. The number of aromatic nitrogens is 2. The van der Waals surface area contributed by atoms with E-state index in [1.54, 1.807) is 0 Å². The lowest BCUT2D eigenvalue weighted by Crippen LogP contribution is -2.27. The lowest BCUT2D eigenvalue weighted by molar-refractivity contribution is -0.120. The summed E-state index contributed by atoms with van der Waals surface area (Å²) in [5.41, 5.74) is 1.65. The molecular formula is C12H17ClN4O. The molecule has 1 aliphatic carbocycles. The van der Waals surface area contributed by atoms with Gasteiger partial charge >= 0.3 is 0 Å². The normalized spacial score (nSPS) is 14.4. The van der Waals surface area contributed by atoms with Crippen LogP contribution in [0.25, 0.3) is 0 Å². The van der Waals surface area contributed by atoms with Gasteiger partial charge in [-0.25, -0.2) is 9.97 Å². The Hall–Kier alpha value is -1.36. The zero-order valence-electron chi connectivity index (χ0n) is 10.6. The largest absolute Gasteiger partial charge is 0.367 e. The topological polar surface area (TPSA) is 66.9 Å². The zero-order valence-corrected chi connectivity index (χ0v) is 11.3. The van der Waals surface area contributed by atoms with E-state index in [0.29, 0.717) is 30.0 Å². The molecule has 1 saturated carbocycles. The molecule has 2 rings (SSSR count). The number of hydrogen-bond donors (Lipinski definition) is 2. The van der Waals surface area contributed by atoms with E-state index in [4.69, 9.17) is 11.6 Å². The molecule has 2 N–H and O–H groups in total. The van der Waals surface area contributed by atoms with Crippen molar-refractivity contribution in [2.24, 2.45) is 0 Å². The highest BCUT2D eigenvalue weighted by Crippen LogP contribution is 2.19. The van der Waals surface area contributed by atoms with Crippen LogP contribution in [0.15, 0.2) is 0 Å². The average molecular weight is 269 g/mol. The number of nitrogens with one attached hydrogen (secondary N) is 2. The summed E-state index contributed by atoms with van der Waals surface area (Å²) < 4.78 is 0. The number of rotatable bonds is 5. The van der Waals surface area contributed by atoms with Gasteiger partial charge in [0, 0.05) is 19.0 Å². The number of amides is 1. The van der Waals surface area contributed by atoms with Crippen LogP contribution in [-0.2, 0) is 4.79 Å². The molecule has 1 aliphatic rings. The summed E-state index contributed by atoms with van der Waals surface area (Å²) in [7, 11) is 0. The fraction of sp³-hybridized carbons (Fsp3) is 0.583. The summed E-state index contributed by atoms with van der Waals surface area (Å²) in [5, 5.41) is 6.31. The molecule has 0 spiro atoms. The highest BCUT2D eigenvalue weighted by molar-refractivity contribution is 6.31. The first-order chi connectivity index (χ1) is 8.56. The quantitative estimate of drug-likeness (QED) is 0.855. The van der Waals surface area contributed by atoms with E-state index in [2.05, 4.69) is 20.6 Å². The summed E-state index contributed by atoms with van der Waals surface area (Å²) in [5.74, 6) is 0.608. The number of nitrogens with zero attached hydrogens (tertiary/aromatic N) is 2. The molecule has 98 valence electrons. The van der Waals surface area contributed by atoms with E-state index in [0.717, 1.165) is 24.2 Å². The van der Waals surface area contributed by atoms with Crippen LogP contribution in [0.2, 0.25) is 5.15 Å². The van der Waals surface area contributed by atoms with Crippen molar-refractivity contribution < 1.29 is 4.79 Å².